The average molecular weight is 1870 g/mol. The number of ether oxygens (including phenoxy) is 10. The van der Waals surface area contributed by atoms with Crippen LogP contribution in [0.15, 0.2) is 17.3 Å². The Bertz CT molecular complexity index is 2480. The van der Waals surface area contributed by atoms with Gasteiger partial charge in [-0.15, -0.1) is 0 Å². The van der Waals surface area contributed by atoms with Gasteiger partial charge < -0.3 is 73.1 Å². The van der Waals surface area contributed by atoms with Crippen molar-refractivity contribution in [3.8, 4) is 0 Å². The Hall–Kier alpha value is -4.49. The summed E-state index contributed by atoms with van der Waals surface area (Å²) in [5.41, 5.74) is 8.12. The van der Waals surface area contributed by atoms with Crippen molar-refractivity contribution >= 4 is 35.9 Å². The SMILES string of the molecule is CCCCCC/C=C\CCCCCCCC(=O)OC.CCCCCCC(O)C(CCCCCCCC(=O)N=[N+]=[N-])OC.CCCCCCC(O)C(CCCCCCCC(=O)O)OC.CCCCCCC(O)C(CCCCCCCC(=O)OC)OC.CCCCCCC1OC1CCCCCCCC(=O)OC.CCCCCCCCC(OC)C(CCCCCCCNC(=O)OC)OC. The third kappa shape index (κ3) is 103. The number of alkyl carbamates (subject to hydrolysis) is 1. The molecule has 1 aliphatic rings. The molecular weight excluding hydrogens is 1660 g/mol. The third-order valence-electron chi connectivity index (χ3n) is 24.7. The molecule has 0 saturated carbocycles. The summed E-state index contributed by atoms with van der Waals surface area (Å²) in [6.07, 6.45) is 84.7. The minimum absolute atomic E-state index is 0.0308. The first-order valence-electron chi connectivity index (χ1n) is 53.5. The number of epoxide rings is 1. The zero-order chi connectivity index (χ0) is 98.2. The summed E-state index contributed by atoms with van der Waals surface area (Å²) >= 11 is 0. The predicted molar refractivity (Wildman–Crippen MR) is 539 cm³/mol. The number of nitrogens with zero attached hydrogens (tertiary/aromatic N) is 3. The Kier molecular flexibility index (Phi) is 114. The summed E-state index contributed by atoms with van der Waals surface area (Å²) in [5, 5.41) is 44.7. The number of methoxy groups -OCH3 is 9. The van der Waals surface area contributed by atoms with Crippen LogP contribution in [0.4, 0.5) is 4.79 Å². The standard InChI is InChI=1S/C21H43NO4.C18H36O4.C17H33N3O3.C17H34O4.C17H32O3.C17H32O2/c1-5-6-7-8-10-13-16-19(24-2)20(25-3)17-14-11-9-12-15-18-22-21(23)26-4;1-4-5-6-10-13-16(19)17(21-2)14-11-8-7-9-12-15-18(20)22-3;1-3-4-5-9-12-15(21)16(23-2)13-10-7-6-8-11-14-17(22)19-20-18;1-3-4-5-9-12-15(18)16(21-2)13-10-7-6-8-11-14-17(19)20;1-3-4-5-9-12-15-16(20-15)13-10-7-6-8-11-14-17(18)19-2;1-3-4-5-6-7-8-9-10-11-12-13-14-15-16-17(18)19-2/h19-20H,5-18H2,1-4H3,(H,22,23);16-17,19H,4-15H2,1-3H3;15-16,21H,3-14H2,1-2H3;15-16,18H,3-14H2,1-2H3,(H,19,20);15-16H,3-14H2,1-2H3;8-9H,3-7,10-16H2,1-2H3/b;;;;;9-8-. The number of allylic oxidation sites excluding steroid dienone is 2. The van der Waals surface area contributed by atoms with Crippen molar-refractivity contribution in [2.75, 3.05) is 70.5 Å². The van der Waals surface area contributed by atoms with Crippen molar-refractivity contribution in [1.82, 2.24) is 5.32 Å². The fraction of sp³-hybridized carbons (Fsp3) is 0.925. The van der Waals surface area contributed by atoms with Crippen molar-refractivity contribution in [2.24, 2.45) is 5.11 Å². The number of hydrogen-bond acceptors (Lipinski definition) is 19. The highest BCUT2D eigenvalue weighted by atomic mass is 16.6. The van der Waals surface area contributed by atoms with Gasteiger partial charge in [0, 0.05) is 79.1 Å². The summed E-state index contributed by atoms with van der Waals surface area (Å²) in [6.45, 7) is 14.0. The first-order valence-corrected chi connectivity index (χ1v) is 53.5. The second kappa shape index (κ2) is 111. The number of nitrogens with one attached hydrogen (secondary N) is 1. The molecule has 5 N–H and O–H groups in total. The number of hydrogen-bond donors (Lipinski definition) is 5. The monoisotopic (exact) mass is 1870 g/mol. The first kappa shape index (κ1) is 135. The van der Waals surface area contributed by atoms with Crippen LogP contribution >= 0.6 is 0 Å². The van der Waals surface area contributed by atoms with Crippen LogP contribution in [0.5, 0.6) is 0 Å². The molecule has 24 nitrogen and oxygen atoms in total. The van der Waals surface area contributed by atoms with Gasteiger partial charge in [0.2, 0.25) is 5.91 Å². The van der Waals surface area contributed by atoms with Crippen molar-refractivity contribution in [1.29, 1.82) is 0 Å². The number of carboxylic acid groups (broad SMARTS) is 1. The Balaban J connectivity index is -0.000000486. The summed E-state index contributed by atoms with van der Waals surface area (Å²) in [5.74, 6) is -1.36. The second-order valence-corrected chi connectivity index (χ2v) is 36.3. The van der Waals surface area contributed by atoms with Crippen LogP contribution < -0.4 is 5.32 Å². The zero-order valence-corrected chi connectivity index (χ0v) is 87.4. The van der Waals surface area contributed by atoms with Crippen LogP contribution in [0.1, 0.15) is 510 Å². The van der Waals surface area contributed by atoms with Crippen LogP contribution in [0.2, 0.25) is 0 Å². The number of carbonyl (C=O) groups is 6. The van der Waals surface area contributed by atoms with Crippen LogP contribution in [0, 0.1) is 0 Å². The maximum atomic E-state index is 11.0. The number of esters is 3. The number of aliphatic carboxylic acids is 1. The quantitative estimate of drug-likeness (QED) is 0.00552. The summed E-state index contributed by atoms with van der Waals surface area (Å²) < 4.78 is 51.7. The lowest BCUT2D eigenvalue weighted by atomic mass is 9.99. The molecular formula is C107H210N4O20. The lowest BCUT2D eigenvalue weighted by molar-refractivity contribution is -0.141. The van der Waals surface area contributed by atoms with E-state index in [1.807, 2.05) is 7.11 Å². The van der Waals surface area contributed by atoms with E-state index in [0.717, 1.165) is 205 Å². The van der Waals surface area contributed by atoms with Crippen molar-refractivity contribution < 1.29 is 96.6 Å². The number of unbranched alkanes of at least 4 members (excludes halogenated alkanes) is 46. The van der Waals surface area contributed by atoms with Crippen molar-refractivity contribution in [3.63, 3.8) is 0 Å². The first-order chi connectivity index (χ1) is 63.7. The van der Waals surface area contributed by atoms with E-state index in [4.69, 9.17) is 39.1 Å². The molecule has 1 saturated heterocycles. The van der Waals surface area contributed by atoms with E-state index in [-0.39, 0.29) is 85.2 Å². The predicted octanol–water partition coefficient (Wildman–Crippen LogP) is 28.8. The number of aliphatic hydroxyl groups is 3. The molecule has 0 bridgehead atoms. The van der Waals surface area contributed by atoms with Gasteiger partial charge in [-0.1, -0.05) is 362 Å². The number of azide groups is 1. The molecule has 24 heteroatoms. The average Bonchev–Trinajstić information content (AvgIpc) is 1.70. The number of carbonyl (C=O) groups excluding carboxylic acids is 5. The van der Waals surface area contributed by atoms with Gasteiger partial charge in [0.05, 0.1) is 89.5 Å². The highest BCUT2D eigenvalue weighted by Crippen LogP contribution is 2.32. The fourth-order valence-corrected chi connectivity index (χ4v) is 16.0. The van der Waals surface area contributed by atoms with E-state index in [9.17, 15) is 44.1 Å². The molecule has 10 atom stereocenters. The minimum atomic E-state index is -0.708. The molecule has 0 aromatic heterocycles. The van der Waals surface area contributed by atoms with Gasteiger partial charge in [0.15, 0.2) is 0 Å². The van der Waals surface area contributed by atoms with E-state index >= 15 is 0 Å². The Morgan fingerprint density at radius 3 is 0.855 bits per heavy atom. The lowest BCUT2D eigenvalue weighted by Gasteiger charge is -2.25. The molecule has 0 aliphatic carbocycles. The number of rotatable bonds is 89. The van der Waals surface area contributed by atoms with Gasteiger partial charge in [0.1, 0.15) is 0 Å². The smallest absolute Gasteiger partial charge is 0.406 e. The molecule has 0 spiro atoms. The van der Waals surface area contributed by atoms with E-state index in [1.54, 1.807) is 28.4 Å². The summed E-state index contributed by atoms with van der Waals surface area (Å²) in [7, 11) is 14.4. The third-order valence-corrected chi connectivity index (χ3v) is 24.7. The second-order valence-electron chi connectivity index (χ2n) is 36.3. The van der Waals surface area contributed by atoms with Gasteiger partial charge in [-0.3, -0.25) is 24.0 Å². The molecule has 1 heterocycles. The Morgan fingerprint density at radius 1 is 0.313 bits per heavy atom. The van der Waals surface area contributed by atoms with Gasteiger partial charge in [-0.05, 0) is 139 Å². The van der Waals surface area contributed by atoms with E-state index in [0.29, 0.717) is 44.4 Å². The molecule has 778 valence electrons. The molecule has 1 aliphatic heterocycles. The minimum Gasteiger partial charge on any atom is -0.481 e. The molecule has 131 heavy (non-hydrogen) atoms. The van der Waals surface area contributed by atoms with Gasteiger partial charge >= 0.3 is 30.0 Å². The highest BCUT2D eigenvalue weighted by Gasteiger charge is 2.37. The number of amides is 2. The normalized spacial score (nSPS) is 14.4. The van der Waals surface area contributed by atoms with E-state index < -0.39 is 5.97 Å². The highest BCUT2D eigenvalue weighted by molar-refractivity contribution is 5.76. The largest absolute Gasteiger partial charge is 0.481 e. The molecule has 0 aromatic rings. The van der Waals surface area contributed by atoms with Crippen LogP contribution in [-0.2, 0) is 71.3 Å². The van der Waals surface area contributed by atoms with Crippen molar-refractivity contribution in [3.05, 3.63) is 22.6 Å². The van der Waals surface area contributed by atoms with Gasteiger partial charge in [-0.2, -0.15) is 0 Å². The van der Waals surface area contributed by atoms with Gasteiger partial charge in [0.25, 0.3) is 0 Å². The van der Waals surface area contributed by atoms with Crippen LogP contribution in [0.3, 0.4) is 0 Å². The maximum Gasteiger partial charge on any atom is 0.406 e. The van der Waals surface area contributed by atoms with Crippen molar-refractivity contribution in [2.45, 2.75) is 571 Å². The Labute approximate surface area is 803 Å². The summed E-state index contributed by atoms with van der Waals surface area (Å²) in [6, 6.07) is 0. The van der Waals surface area contributed by atoms with Gasteiger partial charge in [-0.25, -0.2) is 4.79 Å². The molecule has 1 rings (SSSR count). The molecule has 1 fully saturated rings. The van der Waals surface area contributed by atoms with E-state index in [1.165, 1.54) is 260 Å². The Morgan fingerprint density at radius 2 is 0.557 bits per heavy atom. The number of aliphatic hydroxyl groups excluding tert-OH is 3. The molecule has 10 unspecified atom stereocenters. The maximum absolute atomic E-state index is 11.0. The van der Waals surface area contributed by atoms with E-state index in [2.05, 4.69) is 88.0 Å². The van der Waals surface area contributed by atoms with Crippen LogP contribution in [-0.4, -0.2) is 188 Å². The molecule has 0 aromatic carbocycles. The summed E-state index contributed by atoms with van der Waals surface area (Å²) in [4.78, 5) is 67.5. The molecule has 2 amide bonds. The number of carboxylic acids is 1. The topological polar surface area (TPSA) is 340 Å². The van der Waals surface area contributed by atoms with Crippen LogP contribution in [0.25, 0.3) is 10.4 Å². The molecule has 0 radical (unpaired) electrons. The lowest BCUT2D eigenvalue weighted by Crippen LogP contribution is -2.30. The fourth-order valence-electron chi connectivity index (χ4n) is 16.0. The zero-order valence-electron chi connectivity index (χ0n) is 87.4.